The van der Waals surface area contributed by atoms with Crippen LogP contribution in [0.5, 0.6) is 0 Å². The lowest BCUT2D eigenvalue weighted by Gasteiger charge is -2.25. The number of hydrogen-bond donors (Lipinski definition) is 2. The first-order valence-electron chi connectivity index (χ1n) is 8.64. The summed E-state index contributed by atoms with van der Waals surface area (Å²) in [5, 5.41) is 19.6. The van der Waals surface area contributed by atoms with Crippen LogP contribution in [0.1, 0.15) is 35.7 Å². The molecule has 2 aliphatic rings. The molecule has 1 atom stereocenters. The fourth-order valence-corrected chi connectivity index (χ4v) is 10.2. The summed E-state index contributed by atoms with van der Waals surface area (Å²) >= 11 is 6.53. The first kappa shape index (κ1) is 21.7. The summed E-state index contributed by atoms with van der Waals surface area (Å²) in [5.74, 6) is -0.898. The van der Waals surface area contributed by atoms with Crippen LogP contribution in [0.3, 0.4) is 0 Å². The Hall–Kier alpha value is -0.0300. The second-order valence-corrected chi connectivity index (χ2v) is 12.6. The Bertz CT molecular complexity index is 748. The molecule has 150 valence electrons. The van der Waals surface area contributed by atoms with Gasteiger partial charge >= 0.3 is 5.97 Å². The lowest BCUT2D eigenvalue weighted by molar-refractivity contribution is 0.0688. The zero-order chi connectivity index (χ0) is 19.8. The van der Waals surface area contributed by atoms with Crippen molar-refractivity contribution in [2.75, 3.05) is 34.0 Å². The zero-order valence-electron chi connectivity index (χ0n) is 15.8. The minimum atomic E-state index is -0.898. The van der Waals surface area contributed by atoms with E-state index >= 15 is 0 Å². The van der Waals surface area contributed by atoms with Gasteiger partial charge in [-0.1, -0.05) is 6.92 Å². The topological polar surface area (TPSA) is 76.0 Å². The molecule has 27 heavy (non-hydrogen) atoms. The standard InChI is InChI=1S/C18H24O5S4/c1-5-17(6-7-19)24-12-10(2)13-15(11(16(20)21)14(12)26-17)27-18(25-13,8-22-3)9-23-4/h19H,5-9H2,1-4H3,(H,20,21). The Morgan fingerprint density at radius 3 is 1.89 bits per heavy atom. The van der Waals surface area contributed by atoms with E-state index in [0.717, 1.165) is 31.6 Å². The largest absolute Gasteiger partial charge is 0.478 e. The molecule has 5 nitrogen and oxygen atoms in total. The highest BCUT2D eigenvalue weighted by Gasteiger charge is 2.48. The molecule has 3 rings (SSSR count). The number of carboxylic acids is 1. The number of aliphatic hydroxyl groups is 1. The van der Waals surface area contributed by atoms with Crippen molar-refractivity contribution < 1.29 is 24.5 Å². The van der Waals surface area contributed by atoms with Crippen LogP contribution in [0, 0.1) is 6.92 Å². The highest BCUT2D eigenvalue weighted by molar-refractivity contribution is 8.22. The monoisotopic (exact) mass is 448 g/mol. The second kappa shape index (κ2) is 8.38. The van der Waals surface area contributed by atoms with E-state index < -0.39 is 5.97 Å². The maximum absolute atomic E-state index is 12.3. The molecule has 2 N–H and O–H groups in total. The van der Waals surface area contributed by atoms with E-state index in [1.165, 1.54) is 0 Å². The molecule has 0 saturated carbocycles. The molecule has 2 heterocycles. The van der Waals surface area contributed by atoms with Gasteiger partial charge in [-0.25, -0.2) is 4.79 Å². The number of carbonyl (C=O) groups is 1. The zero-order valence-corrected chi connectivity index (χ0v) is 19.1. The van der Waals surface area contributed by atoms with E-state index in [-0.39, 0.29) is 14.8 Å². The summed E-state index contributed by atoms with van der Waals surface area (Å²) < 4.78 is 10.3. The molecule has 1 aromatic carbocycles. The minimum Gasteiger partial charge on any atom is -0.478 e. The third-order valence-corrected chi connectivity index (χ3v) is 11.5. The molecule has 1 aromatic rings. The number of fused-ring (bicyclic) bond motifs is 2. The molecule has 0 radical (unpaired) electrons. The average molecular weight is 449 g/mol. The summed E-state index contributed by atoms with van der Waals surface area (Å²) in [6.45, 7) is 5.20. The summed E-state index contributed by atoms with van der Waals surface area (Å²) in [4.78, 5) is 16.0. The van der Waals surface area contributed by atoms with Gasteiger partial charge in [0.25, 0.3) is 0 Å². The highest BCUT2D eigenvalue weighted by Crippen LogP contribution is 2.67. The maximum atomic E-state index is 12.3. The Kier molecular flexibility index (Phi) is 6.72. The van der Waals surface area contributed by atoms with E-state index in [1.54, 1.807) is 61.3 Å². The molecule has 0 fully saturated rings. The van der Waals surface area contributed by atoms with Crippen molar-refractivity contribution in [3.63, 3.8) is 0 Å². The number of rotatable bonds is 8. The minimum absolute atomic E-state index is 0.0945. The number of hydrogen-bond acceptors (Lipinski definition) is 8. The summed E-state index contributed by atoms with van der Waals surface area (Å²) in [7, 11) is 3.31. The van der Waals surface area contributed by atoms with Gasteiger partial charge in [-0.15, -0.1) is 47.0 Å². The van der Waals surface area contributed by atoms with Gasteiger partial charge in [-0.05, 0) is 25.3 Å². The Balaban J connectivity index is 2.13. The molecule has 0 spiro atoms. The van der Waals surface area contributed by atoms with Crippen molar-refractivity contribution in [3.05, 3.63) is 11.1 Å². The van der Waals surface area contributed by atoms with E-state index in [4.69, 9.17) is 9.47 Å². The van der Waals surface area contributed by atoms with Crippen LogP contribution in [0.2, 0.25) is 0 Å². The van der Waals surface area contributed by atoms with Crippen LogP contribution in [-0.2, 0) is 9.47 Å². The summed E-state index contributed by atoms with van der Waals surface area (Å²) in [6.07, 6.45) is 1.49. The normalized spacial score (nSPS) is 22.7. The van der Waals surface area contributed by atoms with Crippen molar-refractivity contribution in [2.45, 2.75) is 54.4 Å². The highest BCUT2D eigenvalue weighted by atomic mass is 32.2. The molecule has 0 saturated heterocycles. The maximum Gasteiger partial charge on any atom is 0.338 e. The first-order chi connectivity index (χ1) is 12.9. The third kappa shape index (κ3) is 3.76. The number of ether oxygens (including phenoxy) is 2. The lowest BCUT2D eigenvalue weighted by atomic mass is 10.1. The van der Waals surface area contributed by atoms with Crippen LogP contribution >= 0.6 is 47.0 Å². The Labute approximate surface area is 176 Å². The average Bonchev–Trinajstić information content (AvgIpc) is 3.16. The van der Waals surface area contributed by atoms with Gasteiger partial charge in [0.2, 0.25) is 0 Å². The molecule has 0 amide bonds. The fraction of sp³-hybridized carbons (Fsp3) is 0.611. The predicted molar refractivity (Wildman–Crippen MR) is 113 cm³/mol. The van der Waals surface area contributed by atoms with Crippen molar-refractivity contribution >= 4 is 53.0 Å². The molecular formula is C18H24O5S4. The third-order valence-electron chi connectivity index (χ3n) is 4.67. The van der Waals surface area contributed by atoms with Crippen molar-refractivity contribution in [1.82, 2.24) is 0 Å². The molecule has 0 bridgehead atoms. The van der Waals surface area contributed by atoms with E-state index in [9.17, 15) is 15.0 Å². The molecule has 0 aliphatic carbocycles. The van der Waals surface area contributed by atoms with Gasteiger partial charge in [0.1, 0.15) is 4.08 Å². The van der Waals surface area contributed by atoms with E-state index in [1.807, 2.05) is 0 Å². The molecule has 9 heteroatoms. The van der Waals surface area contributed by atoms with Gasteiger partial charge < -0.3 is 19.7 Å². The molecular weight excluding hydrogens is 424 g/mol. The number of benzene rings is 1. The van der Waals surface area contributed by atoms with Crippen molar-refractivity contribution in [3.8, 4) is 0 Å². The van der Waals surface area contributed by atoms with Gasteiger partial charge in [-0.2, -0.15) is 0 Å². The molecule has 2 aliphatic heterocycles. The lowest BCUT2D eigenvalue weighted by Crippen LogP contribution is -2.29. The molecule has 0 aromatic heterocycles. The smallest absolute Gasteiger partial charge is 0.338 e. The van der Waals surface area contributed by atoms with Crippen LogP contribution in [0.25, 0.3) is 0 Å². The van der Waals surface area contributed by atoms with E-state index in [0.29, 0.717) is 25.2 Å². The van der Waals surface area contributed by atoms with Crippen molar-refractivity contribution in [1.29, 1.82) is 0 Å². The van der Waals surface area contributed by atoms with Crippen LogP contribution in [-0.4, -0.2) is 58.4 Å². The van der Waals surface area contributed by atoms with Crippen LogP contribution in [0.4, 0.5) is 0 Å². The Morgan fingerprint density at radius 2 is 1.44 bits per heavy atom. The van der Waals surface area contributed by atoms with Crippen molar-refractivity contribution in [2.24, 2.45) is 0 Å². The number of methoxy groups -OCH3 is 2. The first-order valence-corrected chi connectivity index (χ1v) is 11.9. The molecule has 1 unspecified atom stereocenters. The SMILES string of the molecule is CCC1(CCO)Sc2c(C)c3c(c(C(=O)O)c2S1)SC(COC)(COC)S3. The predicted octanol–water partition coefficient (Wildman–Crippen LogP) is 4.57. The Morgan fingerprint density at radius 1 is 0.963 bits per heavy atom. The van der Waals surface area contributed by atoms with Gasteiger partial charge in [0.15, 0.2) is 0 Å². The fourth-order valence-electron chi connectivity index (χ4n) is 3.39. The number of aromatic carboxylic acids is 1. The van der Waals surface area contributed by atoms with E-state index in [2.05, 4.69) is 13.8 Å². The van der Waals surface area contributed by atoms with Gasteiger partial charge in [-0.3, -0.25) is 0 Å². The van der Waals surface area contributed by atoms with Crippen LogP contribution < -0.4 is 0 Å². The summed E-state index contributed by atoms with van der Waals surface area (Å²) in [6, 6.07) is 0. The van der Waals surface area contributed by atoms with Crippen LogP contribution in [0.15, 0.2) is 19.6 Å². The number of aliphatic hydroxyl groups excluding tert-OH is 1. The quantitative estimate of drug-likeness (QED) is 0.595. The second-order valence-electron chi connectivity index (χ2n) is 6.54. The number of thioether (sulfide) groups is 4. The number of carboxylic acid groups (broad SMARTS) is 1. The van der Waals surface area contributed by atoms with Gasteiger partial charge in [0.05, 0.1) is 22.9 Å². The van der Waals surface area contributed by atoms with Gasteiger partial charge in [0, 0.05) is 40.4 Å². The summed E-state index contributed by atoms with van der Waals surface area (Å²) in [5.41, 5.74) is 1.52.